The average molecular weight is 313 g/mol. The molecule has 0 amide bonds. The second-order valence-electron chi connectivity index (χ2n) is 5.89. The first kappa shape index (κ1) is 18.6. The molecule has 22 heavy (non-hydrogen) atoms. The summed E-state index contributed by atoms with van der Waals surface area (Å²) in [5, 5.41) is 9.11. The van der Waals surface area contributed by atoms with E-state index in [0.717, 1.165) is 16.8 Å². The first-order valence-electron chi connectivity index (χ1n) is 7.51. The van der Waals surface area contributed by atoms with Gasteiger partial charge in [-0.05, 0) is 30.4 Å². The Morgan fingerprint density at radius 1 is 1.27 bits per heavy atom. The van der Waals surface area contributed by atoms with Gasteiger partial charge >= 0.3 is 0 Å². The summed E-state index contributed by atoms with van der Waals surface area (Å²) in [4.78, 5) is 4.59. The van der Waals surface area contributed by atoms with Crippen molar-refractivity contribution >= 4 is 5.57 Å². The Morgan fingerprint density at radius 2 is 1.91 bits per heavy atom. The van der Waals surface area contributed by atoms with Crippen molar-refractivity contribution in [2.24, 2.45) is 0 Å². The lowest BCUT2D eigenvalue weighted by atomic mass is 9.97. The minimum atomic E-state index is -2.54. The van der Waals surface area contributed by atoms with Gasteiger partial charge in [-0.15, -0.1) is 0 Å². The highest BCUT2D eigenvalue weighted by Crippen LogP contribution is 2.35. The molecule has 0 aromatic carbocycles. The van der Waals surface area contributed by atoms with Crippen LogP contribution in [0, 0.1) is 0 Å². The van der Waals surface area contributed by atoms with E-state index >= 15 is 0 Å². The van der Waals surface area contributed by atoms with E-state index in [4.69, 9.17) is 9.84 Å². The highest BCUT2D eigenvalue weighted by Gasteiger charge is 2.20. The minimum absolute atomic E-state index is 0.0482. The molecule has 0 spiro atoms. The van der Waals surface area contributed by atoms with Gasteiger partial charge in [-0.3, -0.25) is 4.98 Å². The zero-order chi connectivity index (χ0) is 16.9. The predicted octanol–water partition coefficient (Wildman–Crippen LogP) is 4.37. The number of hydrogen-bond acceptors (Lipinski definition) is 3. The number of allylic oxidation sites excluding steroid dienone is 1. The summed E-state index contributed by atoms with van der Waals surface area (Å²) < 4.78 is 30.4. The molecular formula is C17H25F2NO2. The standard InChI is InChI=1S/C17H25F2NO2/c1-10(2)14-8-13(12(5)6-7-21)17(22-9-15(18)19)16(20-14)11(3)4/h6,8,10-11,15,21H,7,9H2,1-5H3/b12-6-. The van der Waals surface area contributed by atoms with E-state index in [1.807, 2.05) is 40.7 Å². The van der Waals surface area contributed by atoms with Gasteiger partial charge < -0.3 is 9.84 Å². The van der Waals surface area contributed by atoms with Crippen molar-refractivity contribution in [2.75, 3.05) is 13.2 Å². The molecule has 0 bridgehead atoms. The number of alkyl halides is 2. The summed E-state index contributed by atoms with van der Waals surface area (Å²) in [5.41, 5.74) is 3.07. The zero-order valence-corrected chi connectivity index (χ0v) is 13.9. The summed E-state index contributed by atoms with van der Waals surface area (Å²) >= 11 is 0. The molecule has 1 aromatic heterocycles. The summed E-state index contributed by atoms with van der Waals surface area (Å²) in [6, 6.07) is 1.86. The molecule has 1 aromatic rings. The molecule has 124 valence electrons. The Kier molecular flexibility index (Phi) is 6.94. The molecule has 0 aliphatic carbocycles. The largest absolute Gasteiger partial charge is 0.485 e. The summed E-state index contributed by atoms with van der Waals surface area (Å²) in [6.07, 6.45) is -0.904. The van der Waals surface area contributed by atoms with Crippen LogP contribution in [-0.2, 0) is 0 Å². The van der Waals surface area contributed by atoms with Gasteiger partial charge in [0.2, 0.25) is 0 Å². The number of rotatable bonds is 7. The predicted molar refractivity (Wildman–Crippen MR) is 84.7 cm³/mol. The minimum Gasteiger partial charge on any atom is -0.485 e. The van der Waals surface area contributed by atoms with Crippen molar-refractivity contribution in [3.8, 4) is 5.75 Å². The lowest BCUT2D eigenvalue weighted by molar-refractivity contribution is 0.0808. The number of ether oxygens (including phenoxy) is 1. The summed E-state index contributed by atoms with van der Waals surface area (Å²) in [5.74, 6) is 0.649. The summed E-state index contributed by atoms with van der Waals surface area (Å²) in [7, 11) is 0. The van der Waals surface area contributed by atoms with Crippen molar-refractivity contribution in [2.45, 2.75) is 52.9 Å². The van der Waals surface area contributed by atoms with Crippen LogP contribution in [0.5, 0.6) is 5.75 Å². The van der Waals surface area contributed by atoms with E-state index < -0.39 is 13.0 Å². The van der Waals surface area contributed by atoms with Gasteiger partial charge in [0.1, 0.15) is 12.4 Å². The number of halogens is 2. The highest BCUT2D eigenvalue weighted by molar-refractivity contribution is 5.70. The third-order valence-corrected chi connectivity index (χ3v) is 3.33. The second kappa shape index (κ2) is 8.22. The van der Waals surface area contributed by atoms with Crippen molar-refractivity contribution < 1.29 is 18.6 Å². The normalized spacial score (nSPS) is 12.6. The fourth-order valence-electron chi connectivity index (χ4n) is 2.10. The number of nitrogens with zero attached hydrogens (tertiary/aromatic N) is 1. The van der Waals surface area contributed by atoms with Crippen LogP contribution in [0.4, 0.5) is 8.78 Å². The third-order valence-electron chi connectivity index (χ3n) is 3.33. The maximum absolute atomic E-state index is 12.5. The molecule has 1 heterocycles. The number of aliphatic hydroxyl groups excluding tert-OH is 1. The van der Waals surface area contributed by atoms with Gasteiger partial charge in [-0.2, -0.15) is 0 Å². The maximum atomic E-state index is 12.5. The van der Waals surface area contributed by atoms with Crippen LogP contribution in [0.25, 0.3) is 5.57 Å². The first-order chi connectivity index (χ1) is 10.3. The van der Waals surface area contributed by atoms with Crippen LogP contribution >= 0.6 is 0 Å². The molecule has 0 fully saturated rings. The molecule has 0 radical (unpaired) electrons. The second-order valence-corrected chi connectivity index (χ2v) is 5.89. The van der Waals surface area contributed by atoms with E-state index in [2.05, 4.69) is 4.98 Å². The van der Waals surface area contributed by atoms with Gasteiger partial charge in [0, 0.05) is 11.3 Å². The molecule has 0 aliphatic heterocycles. The Hall–Kier alpha value is -1.49. The van der Waals surface area contributed by atoms with Crippen molar-refractivity contribution in [1.82, 2.24) is 4.98 Å². The van der Waals surface area contributed by atoms with Crippen molar-refractivity contribution in [3.05, 3.63) is 29.1 Å². The third kappa shape index (κ3) is 4.77. The number of aromatic nitrogens is 1. The van der Waals surface area contributed by atoms with E-state index in [9.17, 15) is 8.78 Å². The molecule has 1 rings (SSSR count). The van der Waals surface area contributed by atoms with Crippen LogP contribution in [0.15, 0.2) is 12.1 Å². The fraction of sp³-hybridized carbons (Fsp3) is 0.588. The maximum Gasteiger partial charge on any atom is 0.272 e. The Balaban J connectivity index is 3.48. The molecule has 1 N–H and O–H groups in total. The molecular weight excluding hydrogens is 288 g/mol. The Bertz CT molecular complexity index is 526. The molecule has 0 aliphatic rings. The fourth-order valence-corrected chi connectivity index (χ4v) is 2.10. The quantitative estimate of drug-likeness (QED) is 0.813. The number of hydrogen-bond donors (Lipinski definition) is 1. The van der Waals surface area contributed by atoms with E-state index in [0.29, 0.717) is 11.4 Å². The molecule has 3 nitrogen and oxygen atoms in total. The number of pyridine rings is 1. The molecule has 5 heteroatoms. The van der Waals surface area contributed by atoms with Gasteiger partial charge in [-0.1, -0.05) is 33.8 Å². The van der Waals surface area contributed by atoms with Crippen LogP contribution in [0.2, 0.25) is 0 Å². The average Bonchev–Trinajstić information content (AvgIpc) is 2.43. The van der Waals surface area contributed by atoms with Crippen LogP contribution in [0.1, 0.15) is 63.4 Å². The molecule has 0 saturated heterocycles. The highest BCUT2D eigenvalue weighted by atomic mass is 19.3. The lowest BCUT2D eigenvalue weighted by Gasteiger charge is -2.20. The topological polar surface area (TPSA) is 42.4 Å². The lowest BCUT2D eigenvalue weighted by Crippen LogP contribution is -2.13. The molecule has 0 atom stereocenters. The van der Waals surface area contributed by atoms with E-state index in [1.165, 1.54) is 0 Å². The van der Waals surface area contributed by atoms with Crippen molar-refractivity contribution in [1.29, 1.82) is 0 Å². The van der Waals surface area contributed by atoms with Crippen LogP contribution in [-0.4, -0.2) is 29.7 Å². The van der Waals surface area contributed by atoms with Gasteiger partial charge in [0.15, 0.2) is 0 Å². The Labute approximate surface area is 131 Å². The zero-order valence-electron chi connectivity index (χ0n) is 13.9. The smallest absolute Gasteiger partial charge is 0.272 e. The van der Waals surface area contributed by atoms with E-state index in [1.54, 1.807) is 6.08 Å². The van der Waals surface area contributed by atoms with Crippen LogP contribution in [0.3, 0.4) is 0 Å². The Morgan fingerprint density at radius 3 is 2.36 bits per heavy atom. The van der Waals surface area contributed by atoms with Crippen LogP contribution < -0.4 is 4.74 Å². The van der Waals surface area contributed by atoms with Gasteiger partial charge in [0.25, 0.3) is 6.43 Å². The molecule has 0 saturated carbocycles. The van der Waals surface area contributed by atoms with Crippen molar-refractivity contribution in [3.63, 3.8) is 0 Å². The number of aliphatic hydroxyl groups is 1. The monoisotopic (exact) mass is 313 g/mol. The molecule has 0 unspecified atom stereocenters. The summed E-state index contributed by atoms with van der Waals surface area (Å²) in [6.45, 7) is 9.02. The van der Waals surface area contributed by atoms with Gasteiger partial charge in [0.05, 0.1) is 12.3 Å². The SMILES string of the molecule is C/C(=C/CO)c1cc(C(C)C)nc(C(C)C)c1OCC(F)F. The van der Waals surface area contributed by atoms with Gasteiger partial charge in [-0.25, -0.2) is 8.78 Å². The van der Waals surface area contributed by atoms with E-state index in [-0.39, 0.29) is 18.4 Å². The first-order valence-corrected chi connectivity index (χ1v) is 7.51.